The molecule has 136 valence electrons. The van der Waals surface area contributed by atoms with E-state index in [-0.39, 0.29) is 26.3 Å². The van der Waals surface area contributed by atoms with Gasteiger partial charge in [0, 0.05) is 5.69 Å². The van der Waals surface area contributed by atoms with Crippen molar-refractivity contribution >= 4 is 54.0 Å². The zero-order valence-corrected chi connectivity index (χ0v) is 16.5. The quantitative estimate of drug-likeness (QED) is 0.353. The van der Waals surface area contributed by atoms with Gasteiger partial charge in [0.05, 0.1) is 9.65 Å². The molecule has 2 N–H and O–H groups in total. The SMILES string of the molecule is [O-]N([O-])c1ccc([C@@H](Br)[C@H](Br)c2cccc3ccccc23)c(N(O)O)c1. The average molecular weight is 482 g/mol. The molecule has 0 saturated carbocycles. The van der Waals surface area contributed by atoms with Crippen LogP contribution in [0.3, 0.4) is 0 Å². The Kier molecular flexibility index (Phi) is 5.81. The molecule has 0 amide bonds. The molecule has 0 unspecified atom stereocenters. The summed E-state index contributed by atoms with van der Waals surface area (Å²) in [4.78, 5) is -0.584. The lowest BCUT2D eigenvalue weighted by Gasteiger charge is -2.38. The van der Waals surface area contributed by atoms with E-state index in [1.165, 1.54) is 12.1 Å². The zero-order chi connectivity index (χ0) is 18.8. The van der Waals surface area contributed by atoms with Crippen molar-refractivity contribution in [3.63, 3.8) is 0 Å². The molecule has 8 heteroatoms. The molecule has 0 aromatic heterocycles. The van der Waals surface area contributed by atoms with Gasteiger partial charge in [-0.3, -0.25) is 10.4 Å². The predicted octanol–water partition coefficient (Wildman–Crippen LogP) is 5.80. The van der Waals surface area contributed by atoms with Crippen molar-refractivity contribution in [2.75, 3.05) is 10.5 Å². The first-order chi connectivity index (χ1) is 12.4. The Bertz CT molecular complexity index is 915. The topological polar surface area (TPSA) is 93.1 Å². The van der Waals surface area contributed by atoms with Gasteiger partial charge in [-0.1, -0.05) is 80.4 Å². The molecule has 0 aliphatic heterocycles. The van der Waals surface area contributed by atoms with Crippen LogP contribution in [0, 0.1) is 10.4 Å². The molecule has 0 bridgehead atoms. The third kappa shape index (κ3) is 3.71. The number of nitrogens with zero attached hydrogens (tertiary/aromatic N) is 2. The minimum atomic E-state index is -0.587. The van der Waals surface area contributed by atoms with E-state index in [4.69, 9.17) is 0 Å². The summed E-state index contributed by atoms with van der Waals surface area (Å²) >= 11 is 7.27. The monoisotopic (exact) mass is 480 g/mol. The minimum Gasteiger partial charge on any atom is -0.769 e. The van der Waals surface area contributed by atoms with Crippen molar-refractivity contribution < 1.29 is 10.4 Å². The van der Waals surface area contributed by atoms with E-state index in [1.807, 2.05) is 42.5 Å². The maximum atomic E-state index is 11.0. The van der Waals surface area contributed by atoms with Crippen LogP contribution in [-0.2, 0) is 0 Å². The smallest absolute Gasteiger partial charge is 0.101 e. The summed E-state index contributed by atoms with van der Waals surface area (Å²) in [7, 11) is 0. The van der Waals surface area contributed by atoms with Gasteiger partial charge in [-0.15, -0.1) is 5.23 Å². The maximum Gasteiger partial charge on any atom is 0.101 e. The average Bonchev–Trinajstić information content (AvgIpc) is 2.65. The van der Waals surface area contributed by atoms with Crippen LogP contribution in [0.15, 0.2) is 60.7 Å². The highest BCUT2D eigenvalue weighted by Gasteiger charge is 2.25. The Morgan fingerprint density at radius 2 is 1.46 bits per heavy atom. The lowest BCUT2D eigenvalue weighted by atomic mass is 9.97. The second kappa shape index (κ2) is 7.91. The van der Waals surface area contributed by atoms with Crippen LogP contribution in [0.25, 0.3) is 10.8 Å². The third-order valence-corrected chi connectivity index (χ3v) is 6.87. The van der Waals surface area contributed by atoms with Crippen LogP contribution < -0.4 is 10.5 Å². The first kappa shape index (κ1) is 19.1. The second-order valence-corrected chi connectivity index (χ2v) is 7.63. The van der Waals surface area contributed by atoms with Crippen LogP contribution in [0.5, 0.6) is 0 Å². The number of halogens is 2. The molecule has 26 heavy (non-hydrogen) atoms. The lowest BCUT2D eigenvalue weighted by molar-refractivity contribution is 0.0287. The molecule has 3 aromatic rings. The van der Waals surface area contributed by atoms with Crippen molar-refractivity contribution in [3.05, 3.63) is 82.2 Å². The Hall–Kier alpha value is -1.68. The molecule has 0 aliphatic rings. The predicted molar refractivity (Wildman–Crippen MR) is 109 cm³/mol. The number of alkyl halides is 2. The normalized spacial score (nSPS) is 13.5. The largest absolute Gasteiger partial charge is 0.769 e. The van der Waals surface area contributed by atoms with E-state index >= 15 is 0 Å². The van der Waals surface area contributed by atoms with Gasteiger partial charge in [0.2, 0.25) is 0 Å². The summed E-state index contributed by atoms with van der Waals surface area (Å²) < 4.78 is 0. The van der Waals surface area contributed by atoms with Crippen molar-refractivity contribution in [2.24, 2.45) is 0 Å². The zero-order valence-electron chi connectivity index (χ0n) is 13.3. The van der Waals surface area contributed by atoms with Crippen LogP contribution in [0.1, 0.15) is 20.8 Å². The van der Waals surface area contributed by atoms with Crippen LogP contribution in [0.2, 0.25) is 0 Å². The van der Waals surface area contributed by atoms with Gasteiger partial charge < -0.3 is 15.6 Å². The molecular weight excluding hydrogens is 468 g/mol. The molecule has 0 spiro atoms. The second-order valence-electron chi connectivity index (χ2n) is 5.66. The summed E-state index contributed by atoms with van der Waals surface area (Å²) in [6.07, 6.45) is 0. The number of rotatable bonds is 5. The van der Waals surface area contributed by atoms with E-state index in [0.29, 0.717) is 5.56 Å². The Morgan fingerprint density at radius 1 is 0.808 bits per heavy atom. The van der Waals surface area contributed by atoms with Gasteiger partial charge in [-0.05, 0) is 34.0 Å². The molecule has 0 heterocycles. The van der Waals surface area contributed by atoms with E-state index in [1.54, 1.807) is 0 Å². The number of anilines is 2. The molecule has 0 aliphatic carbocycles. The molecule has 0 fully saturated rings. The Morgan fingerprint density at radius 3 is 2.15 bits per heavy atom. The fourth-order valence-corrected chi connectivity index (χ4v) is 4.21. The van der Waals surface area contributed by atoms with Crippen molar-refractivity contribution in [3.8, 4) is 0 Å². The number of hydrogen-bond acceptors (Lipinski definition) is 6. The van der Waals surface area contributed by atoms with Crippen LogP contribution >= 0.6 is 31.9 Å². The van der Waals surface area contributed by atoms with E-state index in [9.17, 15) is 20.8 Å². The van der Waals surface area contributed by atoms with E-state index in [2.05, 4.69) is 31.9 Å². The van der Waals surface area contributed by atoms with E-state index in [0.717, 1.165) is 22.4 Å². The van der Waals surface area contributed by atoms with Crippen LogP contribution in [-0.4, -0.2) is 10.4 Å². The highest BCUT2D eigenvalue weighted by molar-refractivity contribution is 9.12. The molecular formula is C18H14Br2N2O4-2. The first-order valence-electron chi connectivity index (χ1n) is 7.62. The van der Waals surface area contributed by atoms with Gasteiger partial charge in [0.15, 0.2) is 0 Å². The number of hydrogen-bond donors (Lipinski definition) is 2. The number of fused-ring (bicyclic) bond motifs is 1. The molecule has 0 radical (unpaired) electrons. The summed E-state index contributed by atoms with van der Waals surface area (Å²) in [5, 5.41) is 42.4. The van der Waals surface area contributed by atoms with Gasteiger partial charge in [-0.2, -0.15) is 0 Å². The van der Waals surface area contributed by atoms with Crippen LogP contribution in [0.4, 0.5) is 11.4 Å². The maximum absolute atomic E-state index is 11.0. The molecule has 3 aromatic carbocycles. The van der Waals surface area contributed by atoms with Gasteiger partial charge in [0.1, 0.15) is 5.69 Å². The van der Waals surface area contributed by atoms with Gasteiger partial charge in [-0.25, -0.2) is 0 Å². The summed E-state index contributed by atoms with van der Waals surface area (Å²) in [5.74, 6) is 0. The highest BCUT2D eigenvalue weighted by Crippen LogP contribution is 2.47. The lowest BCUT2D eigenvalue weighted by Crippen LogP contribution is -2.16. The fourth-order valence-electron chi connectivity index (χ4n) is 2.86. The summed E-state index contributed by atoms with van der Waals surface area (Å²) in [5.41, 5.74) is 1.21. The van der Waals surface area contributed by atoms with Gasteiger partial charge >= 0.3 is 0 Å². The molecule has 3 rings (SSSR count). The highest BCUT2D eigenvalue weighted by atomic mass is 79.9. The Balaban J connectivity index is 2.04. The molecule has 2 atom stereocenters. The van der Waals surface area contributed by atoms with Crippen molar-refractivity contribution in [2.45, 2.75) is 9.65 Å². The summed E-state index contributed by atoms with van der Waals surface area (Å²) in [6.45, 7) is 0. The first-order valence-corrected chi connectivity index (χ1v) is 9.45. The number of benzene rings is 3. The fraction of sp³-hybridized carbons (Fsp3) is 0.111. The third-order valence-electron chi connectivity index (χ3n) is 4.11. The summed E-state index contributed by atoms with van der Waals surface area (Å²) in [6, 6.07) is 17.9. The minimum absolute atomic E-state index is 0.0641. The molecule has 6 nitrogen and oxygen atoms in total. The Labute approximate surface area is 166 Å². The molecule has 0 saturated heterocycles. The van der Waals surface area contributed by atoms with Gasteiger partial charge in [0.25, 0.3) is 0 Å². The van der Waals surface area contributed by atoms with E-state index < -0.39 is 5.23 Å². The standard InChI is InChI=1S/C18H14Br2N2O4/c19-17(14-7-3-5-11-4-1-2-6-13(11)14)18(20)15-9-8-12(21(23)24)10-16(15)22(25)26/h1-10,17-18,25-26H/q-2/t17-,18-/m1/s1. The van der Waals surface area contributed by atoms with Crippen molar-refractivity contribution in [1.29, 1.82) is 0 Å². The van der Waals surface area contributed by atoms with Crippen molar-refractivity contribution in [1.82, 2.24) is 0 Å².